The Balaban J connectivity index is 2.06. The minimum Gasteiger partial charge on any atom is -0.383 e. The third-order valence-electron chi connectivity index (χ3n) is 2.68. The van der Waals surface area contributed by atoms with E-state index in [0.29, 0.717) is 24.4 Å². The molecule has 0 atom stereocenters. The molecule has 0 radical (unpaired) electrons. The Bertz CT molecular complexity index is 641. The lowest BCUT2D eigenvalue weighted by molar-refractivity contribution is -0.116. The molecule has 0 aliphatic rings. The minimum absolute atomic E-state index is 0.206. The van der Waals surface area contributed by atoms with Gasteiger partial charge in [-0.05, 0) is 30.3 Å². The van der Waals surface area contributed by atoms with Crippen LogP contribution in [0, 0.1) is 5.82 Å². The van der Waals surface area contributed by atoms with Crippen LogP contribution in [0.4, 0.5) is 4.39 Å². The van der Waals surface area contributed by atoms with Crippen LogP contribution in [0.25, 0.3) is 17.0 Å². The number of pyridine rings is 1. The monoisotopic (exact) mass is 274 g/mol. The van der Waals surface area contributed by atoms with Gasteiger partial charge in [-0.3, -0.25) is 4.79 Å². The third kappa shape index (κ3) is 3.86. The number of methoxy groups -OCH3 is 1. The zero-order valence-electron chi connectivity index (χ0n) is 11.1. The van der Waals surface area contributed by atoms with Crippen LogP contribution in [-0.4, -0.2) is 31.2 Å². The SMILES string of the molecule is COCCNC(=O)/C=C/c1ccc2cc(F)ccc2n1. The number of nitrogens with one attached hydrogen (secondary N) is 1. The van der Waals surface area contributed by atoms with E-state index in [9.17, 15) is 9.18 Å². The van der Waals surface area contributed by atoms with Crippen LogP contribution in [0.5, 0.6) is 0 Å². The summed E-state index contributed by atoms with van der Waals surface area (Å²) in [4.78, 5) is 15.8. The molecule has 0 fully saturated rings. The Morgan fingerprint density at radius 1 is 1.40 bits per heavy atom. The van der Waals surface area contributed by atoms with Crippen molar-refractivity contribution in [2.24, 2.45) is 0 Å². The molecule has 0 unspecified atom stereocenters. The minimum atomic E-state index is -0.292. The number of fused-ring (bicyclic) bond motifs is 1. The van der Waals surface area contributed by atoms with Crippen LogP contribution < -0.4 is 5.32 Å². The summed E-state index contributed by atoms with van der Waals surface area (Å²) in [5, 5.41) is 3.40. The van der Waals surface area contributed by atoms with Crippen molar-refractivity contribution in [2.75, 3.05) is 20.3 Å². The lowest BCUT2D eigenvalue weighted by Crippen LogP contribution is -2.24. The highest BCUT2D eigenvalue weighted by atomic mass is 19.1. The first-order valence-corrected chi connectivity index (χ1v) is 6.20. The molecular weight excluding hydrogens is 259 g/mol. The second-order valence-corrected chi connectivity index (χ2v) is 4.19. The lowest BCUT2D eigenvalue weighted by Gasteiger charge is -2.01. The van der Waals surface area contributed by atoms with Crippen molar-refractivity contribution in [1.29, 1.82) is 0 Å². The number of aromatic nitrogens is 1. The normalized spacial score (nSPS) is 11.1. The molecule has 1 amide bonds. The zero-order valence-corrected chi connectivity index (χ0v) is 11.1. The summed E-state index contributed by atoms with van der Waals surface area (Å²) in [7, 11) is 1.57. The summed E-state index contributed by atoms with van der Waals surface area (Å²) in [6, 6.07) is 7.91. The van der Waals surface area contributed by atoms with Crippen molar-refractivity contribution < 1.29 is 13.9 Å². The predicted molar refractivity (Wildman–Crippen MR) is 75.6 cm³/mol. The van der Waals surface area contributed by atoms with Crippen LogP contribution in [0.3, 0.4) is 0 Å². The molecule has 0 aliphatic heterocycles. The summed E-state index contributed by atoms with van der Waals surface area (Å²) >= 11 is 0. The van der Waals surface area contributed by atoms with Crippen molar-refractivity contribution in [2.45, 2.75) is 0 Å². The smallest absolute Gasteiger partial charge is 0.244 e. The number of amides is 1. The molecule has 0 aliphatic carbocycles. The molecule has 2 aromatic rings. The first-order valence-electron chi connectivity index (χ1n) is 6.20. The number of ether oxygens (including phenoxy) is 1. The second kappa shape index (κ2) is 6.77. The molecule has 0 saturated carbocycles. The standard InChI is InChI=1S/C15H15FN2O2/c1-20-9-8-17-15(19)7-5-13-4-2-11-10-12(16)3-6-14(11)18-13/h2-7,10H,8-9H2,1H3,(H,17,19)/b7-5+. The van der Waals surface area contributed by atoms with E-state index in [2.05, 4.69) is 10.3 Å². The predicted octanol–water partition coefficient (Wildman–Crippen LogP) is 2.15. The highest BCUT2D eigenvalue weighted by molar-refractivity contribution is 5.91. The molecule has 0 bridgehead atoms. The molecular formula is C15H15FN2O2. The van der Waals surface area contributed by atoms with E-state index in [1.807, 2.05) is 0 Å². The Kier molecular flexibility index (Phi) is 4.79. The summed E-state index contributed by atoms with van der Waals surface area (Å²) < 4.78 is 17.9. The van der Waals surface area contributed by atoms with Gasteiger partial charge < -0.3 is 10.1 Å². The topological polar surface area (TPSA) is 51.2 Å². The quantitative estimate of drug-likeness (QED) is 0.671. The van der Waals surface area contributed by atoms with E-state index in [-0.39, 0.29) is 11.7 Å². The van der Waals surface area contributed by atoms with Gasteiger partial charge in [0.05, 0.1) is 17.8 Å². The molecule has 2 rings (SSSR count). The number of hydrogen-bond acceptors (Lipinski definition) is 3. The van der Waals surface area contributed by atoms with E-state index in [1.54, 1.807) is 31.4 Å². The molecule has 1 aromatic carbocycles. The van der Waals surface area contributed by atoms with Crippen LogP contribution >= 0.6 is 0 Å². The number of carbonyl (C=O) groups excluding carboxylic acids is 1. The number of halogens is 1. The summed E-state index contributed by atoms with van der Waals surface area (Å²) in [6.45, 7) is 0.934. The van der Waals surface area contributed by atoms with Crippen molar-refractivity contribution in [3.63, 3.8) is 0 Å². The molecule has 4 nitrogen and oxygen atoms in total. The summed E-state index contributed by atoms with van der Waals surface area (Å²) in [5.74, 6) is -0.497. The average Bonchev–Trinajstić information content (AvgIpc) is 2.45. The van der Waals surface area contributed by atoms with Gasteiger partial charge in [0, 0.05) is 25.1 Å². The number of rotatable bonds is 5. The van der Waals surface area contributed by atoms with Gasteiger partial charge in [-0.1, -0.05) is 6.07 Å². The van der Waals surface area contributed by atoms with Crippen LogP contribution in [0.15, 0.2) is 36.4 Å². The molecule has 0 spiro atoms. The van der Waals surface area contributed by atoms with Gasteiger partial charge in [0.25, 0.3) is 0 Å². The lowest BCUT2D eigenvalue weighted by atomic mass is 10.2. The van der Waals surface area contributed by atoms with Gasteiger partial charge in [-0.25, -0.2) is 9.37 Å². The van der Waals surface area contributed by atoms with Gasteiger partial charge in [-0.15, -0.1) is 0 Å². The fraction of sp³-hybridized carbons (Fsp3) is 0.200. The number of hydrogen-bond donors (Lipinski definition) is 1. The van der Waals surface area contributed by atoms with E-state index in [4.69, 9.17) is 4.74 Å². The van der Waals surface area contributed by atoms with Gasteiger partial charge in [0.2, 0.25) is 5.91 Å². The van der Waals surface area contributed by atoms with Gasteiger partial charge in [0.15, 0.2) is 0 Å². The van der Waals surface area contributed by atoms with Crippen molar-refractivity contribution in [3.05, 3.63) is 47.9 Å². The average molecular weight is 274 g/mol. The maximum Gasteiger partial charge on any atom is 0.244 e. The first kappa shape index (κ1) is 14.1. The van der Waals surface area contributed by atoms with E-state index in [0.717, 1.165) is 5.39 Å². The fourth-order valence-corrected chi connectivity index (χ4v) is 1.70. The highest BCUT2D eigenvalue weighted by Gasteiger charge is 1.99. The van der Waals surface area contributed by atoms with Crippen LogP contribution in [0.1, 0.15) is 5.69 Å². The zero-order chi connectivity index (χ0) is 14.4. The van der Waals surface area contributed by atoms with Gasteiger partial charge in [-0.2, -0.15) is 0 Å². The number of carbonyl (C=O) groups is 1. The Hall–Kier alpha value is -2.27. The van der Waals surface area contributed by atoms with Crippen LogP contribution in [0.2, 0.25) is 0 Å². The van der Waals surface area contributed by atoms with E-state index >= 15 is 0 Å². The van der Waals surface area contributed by atoms with Gasteiger partial charge >= 0.3 is 0 Å². The molecule has 20 heavy (non-hydrogen) atoms. The molecule has 5 heteroatoms. The number of benzene rings is 1. The van der Waals surface area contributed by atoms with Crippen LogP contribution in [-0.2, 0) is 9.53 Å². The highest BCUT2D eigenvalue weighted by Crippen LogP contribution is 2.14. The van der Waals surface area contributed by atoms with Gasteiger partial charge in [0.1, 0.15) is 5.82 Å². The molecule has 1 N–H and O–H groups in total. The summed E-state index contributed by atoms with van der Waals surface area (Å²) in [5.41, 5.74) is 1.33. The fourth-order valence-electron chi connectivity index (χ4n) is 1.70. The third-order valence-corrected chi connectivity index (χ3v) is 2.68. The first-order chi connectivity index (χ1) is 9.69. The molecule has 1 heterocycles. The van der Waals surface area contributed by atoms with Crippen molar-refractivity contribution in [3.8, 4) is 0 Å². The molecule has 104 valence electrons. The van der Waals surface area contributed by atoms with Crippen molar-refractivity contribution in [1.82, 2.24) is 10.3 Å². The largest absolute Gasteiger partial charge is 0.383 e. The maximum absolute atomic E-state index is 13.0. The Labute approximate surface area is 116 Å². The number of nitrogens with zero attached hydrogens (tertiary/aromatic N) is 1. The van der Waals surface area contributed by atoms with E-state index in [1.165, 1.54) is 18.2 Å². The maximum atomic E-state index is 13.0. The molecule has 1 aromatic heterocycles. The second-order valence-electron chi connectivity index (χ2n) is 4.19. The van der Waals surface area contributed by atoms with Crippen molar-refractivity contribution >= 4 is 22.9 Å². The molecule has 0 saturated heterocycles. The van der Waals surface area contributed by atoms with E-state index < -0.39 is 0 Å². The summed E-state index contributed by atoms with van der Waals surface area (Å²) in [6.07, 6.45) is 3.03. The Morgan fingerprint density at radius 2 is 2.25 bits per heavy atom. The Morgan fingerprint density at radius 3 is 3.05 bits per heavy atom.